The van der Waals surface area contributed by atoms with Crippen LogP contribution in [0.25, 0.3) is 0 Å². The molecule has 0 unspecified atom stereocenters. The highest BCUT2D eigenvalue weighted by molar-refractivity contribution is 5.36. The molecule has 0 radical (unpaired) electrons. The van der Waals surface area contributed by atoms with Crippen molar-refractivity contribution in [3.8, 4) is 0 Å². The molecular weight excluding hydrogens is 238 g/mol. The molecule has 2 saturated carbocycles. The molecule has 6 atom stereocenters. The van der Waals surface area contributed by atoms with Gasteiger partial charge in [0.05, 0.1) is 12.2 Å². The van der Waals surface area contributed by atoms with Gasteiger partial charge < -0.3 is 10.2 Å². The number of rotatable bonds is 0. The minimum atomic E-state index is -0.255. The maximum Gasteiger partial charge on any atom is 0.0633 e. The molecular formula is C16H25NO2. The van der Waals surface area contributed by atoms with Crippen LogP contribution >= 0.6 is 0 Å². The second-order valence-electron chi connectivity index (χ2n) is 7.19. The van der Waals surface area contributed by atoms with Crippen molar-refractivity contribution in [1.29, 1.82) is 0 Å². The van der Waals surface area contributed by atoms with Gasteiger partial charge in [-0.15, -0.1) is 0 Å². The molecule has 0 aromatic heterocycles. The van der Waals surface area contributed by atoms with E-state index < -0.39 is 0 Å². The van der Waals surface area contributed by atoms with Crippen LogP contribution in [-0.4, -0.2) is 45.9 Å². The normalized spacial score (nSPS) is 53.4. The first-order valence-corrected chi connectivity index (χ1v) is 7.96. The van der Waals surface area contributed by atoms with E-state index in [0.717, 1.165) is 32.2 Å². The zero-order chi connectivity index (χ0) is 13.2. The summed E-state index contributed by atoms with van der Waals surface area (Å²) in [5.41, 5.74) is 1.58. The molecule has 2 bridgehead atoms. The molecule has 2 aliphatic heterocycles. The van der Waals surface area contributed by atoms with Crippen LogP contribution in [0, 0.1) is 17.8 Å². The number of piperidine rings is 1. The van der Waals surface area contributed by atoms with Gasteiger partial charge in [-0.3, -0.25) is 4.90 Å². The highest BCUT2D eigenvalue weighted by atomic mass is 16.3. The van der Waals surface area contributed by atoms with Crippen molar-refractivity contribution in [2.45, 2.75) is 56.8 Å². The van der Waals surface area contributed by atoms with Gasteiger partial charge in [-0.2, -0.15) is 0 Å². The predicted octanol–water partition coefficient (Wildman–Crippen LogP) is 1.55. The minimum absolute atomic E-state index is 0.0947. The largest absolute Gasteiger partial charge is 0.393 e. The summed E-state index contributed by atoms with van der Waals surface area (Å²) in [4.78, 5) is 2.65. The molecule has 2 N–H and O–H groups in total. The summed E-state index contributed by atoms with van der Waals surface area (Å²) in [6.45, 7) is 4.51. The van der Waals surface area contributed by atoms with Crippen molar-refractivity contribution in [2.75, 3.05) is 13.1 Å². The van der Waals surface area contributed by atoms with Crippen molar-refractivity contribution < 1.29 is 10.2 Å². The Hall–Kier alpha value is -0.380. The molecule has 106 valence electrons. The van der Waals surface area contributed by atoms with Gasteiger partial charge in [-0.05, 0) is 50.1 Å². The lowest BCUT2D eigenvalue weighted by Gasteiger charge is -2.65. The fourth-order valence-electron chi connectivity index (χ4n) is 5.70. The van der Waals surface area contributed by atoms with E-state index in [1.807, 2.05) is 0 Å². The van der Waals surface area contributed by atoms with E-state index in [9.17, 15) is 10.2 Å². The lowest BCUT2D eigenvalue weighted by Crippen LogP contribution is -2.70. The van der Waals surface area contributed by atoms with E-state index in [-0.39, 0.29) is 23.7 Å². The molecule has 4 aliphatic rings. The van der Waals surface area contributed by atoms with Gasteiger partial charge in [-0.1, -0.05) is 13.0 Å². The Kier molecular flexibility index (Phi) is 2.64. The second kappa shape index (κ2) is 4.06. The van der Waals surface area contributed by atoms with Gasteiger partial charge in [-0.25, -0.2) is 0 Å². The molecule has 1 saturated heterocycles. The molecule has 19 heavy (non-hydrogen) atoms. The van der Waals surface area contributed by atoms with Crippen molar-refractivity contribution in [2.24, 2.45) is 17.8 Å². The van der Waals surface area contributed by atoms with Gasteiger partial charge in [0, 0.05) is 23.9 Å². The summed E-state index contributed by atoms with van der Waals surface area (Å²) in [5.74, 6) is 0.964. The highest BCUT2D eigenvalue weighted by Crippen LogP contribution is 2.58. The molecule has 2 heterocycles. The Bertz CT molecular complexity index is 421. The van der Waals surface area contributed by atoms with Crippen LogP contribution in [0.2, 0.25) is 0 Å². The van der Waals surface area contributed by atoms with E-state index in [4.69, 9.17) is 0 Å². The Labute approximate surface area is 115 Å². The van der Waals surface area contributed by atoms with E-state index >= 15 is 0 Å². The van der Waals surface area contributed by atoms with Crippen molar-refractivity contribution in [3.05, 3.63) is 11.6 Å². The van der Waals surface area contributed by atoms with Gasteiger partial charge in [0.15, 0.2) is 0 Å². The SMILES string of the molecule is C[C@H]1C[C@]23C4=CCCN2CCC[C@H]3[C@@H](O)C[C@@H]4[C@@H]1O. The predicted molar refractivity (Wildman–Crippen MR) is 73.6 cm³/mol. The molecule has 2 aliphatic carbocycles. The van der Waals surface area contributed by atoms with Crippen LogP contribution in [0.5, 0.6) is 0 Å². The number of hydrogen-bond acceptors (Lipinski definition) is 3. The monoisotopic (exact) mass is 263 g/mol. The molecule has 3 fully saturated rings. The molecule has 3 heteroatoms. The maximum absolute atomic E-state index is 10.6. The smallest absolute Gasteiger partial charge is 0.0633 e. The number of aliphatic hydroxyl groups excluding tert-OH is 2. The molecule has 0 amide bonds. The fraction of sp³-hybridized carbons (Fsp3) is 0.875. The van der Waals surface area contributed by atoms with E-state index in [0.29, 0.717) is 11.8 Å². The van der Waals surface area contributed by atoms with Gasteiger partial charge >= 0.3 is 0 Å². The van der Waals surface area contributed by atoms with Crippen LogP contribution in [0.4, 0.5) is 0 Å². The first kappa shape index (κ1) is 12.4. The second-order valence-corrected chi connectivity index (χ2v) is 7.19. The van der Waals surface area contributed by atoms with Crippen molar-refractivity contribution in [3.63, 3.8) is 0 Å². The standard InChI is InChI=1S/C16H25NO2/c1-10-9-16-12-4-2-6-17(16)7-3-5-13(16)14(18)8-11(12)15(10)19/h4,10-11,13-15,18-19H,2-3,5-9H2,1H3/t10-,11-,13-,14-,15+,16+/m0/s1. The Morgan fingerprint density at radius 1 is 1.32 bits per heavy atom. The number of aliphatic hydroxyl groups is 2. The third kappa shape index (κ3) is 1.44. The summed E-state index contributed by atoms with van der Waals surface area (Å²) >= 11 is 0. The fourth-order valence-corrected chi connectivity index (χ4v) is 5.70. The third-order valence-electron chi connectivity index (χ3n) is 6.37. The van der Waals surface area contributed by atoms with E-state index in [1.165, 1.54) is 18.5 Å². The Morgan fingerprint density at radius 2 is 2.16 bits per heavy atom. The zero-order valence-corrected chi connectivity index (χ0v) is 11.8. The molecule has 1 spiro atoms. The molecule has 0 aromatic carbocycles. The van der Waals surface area contributed by atoms with Gasteiger partial charge in [0.2, 0.25) is 0 Å². The average molecular weight is 263 g/mol. The average Bonchev–Trinajstić information content (AvgIpc) is 2.40. The van der Waals surface area contributed by atoms with Gasteiger partial charge in [0.1, 0.15) is 0 Å². The first-order valence-electron chi connectivity index (χ1n) is 7.96. The lowest BCUT2D eigenvalue weighted by molar-refractivity contribution is -0.138. The third-order valence-corrected chi connectivity index (χ3v) is 6.37. The van der Waals surface area contributed by atoms with Crippen LogP contribution < -0.4 is 0 Å². The van der Waals surface area contributed by atoms with Crippen molar-refractivity contribution >= 4 is 0 Å². The van der Waals surface area contributed by atoms with E-state index in [2.05, 4.69) is 17.9 Å². The molecule has 3 nitrogen and oxygen atoms in total. The molecule has 0 aromatic rings. The first-order chi connectivity index (χ1) is 9.14. The Balaban J connectivity index is 1.87. The van der Waals surface area contributed by atoms with Crippen LogP contribution in [0.3, 0.4) is 0 Å². The maximum atomic E-state index is 10.6. The summed E-state index contributed by atoms with van der Waals surface area (Å²) in [5, 5.41) is 21.1. The van der Waals surface area contributed by atoms with Crippen LogP contribution in [0.15, 0.2) is 11.6 Å². The van der Waals surface area contributed by atoms with E-state index in [1.54, 1.807) is 0 Å². The number of hydrogen-bond donors (Lipinski definition) is 2. The van der Waals surface area contributed by atoms with Crippen molar-refractivity contribution in [1.82, 2.24) is 4.90 Å². The minimum Gasteiger partial charge on any atom is -0.393 e. The quantitative estimate of drug-likeness (QED) is 0.652. The number of nitrogens with zero attached hydrogens (tertiary/aromatic N) is 1. The zero-order valence-electron chi connectivity index (χ0n) is 11.8. The van der Waals surface area contributed by atoms with Crippen LogP contribution in [0.1, 0.15) is 39.0 Å². The Morgan fingerprint density at radius 3 is 3.00 bits per heavy atom. The lowest BCUT2D eigenvalue weighted by atomic mass is 9.51. The molecule has 4 rings (SSSR count). The topological polar surface area (TPSA) is 43.7 Å². The summed E-state index contributed by atoms with van der Waals surface area (Å²) in [6.07, 6.45) is 7.25. The highest BCUT2D eigenvalue weighted by Gasteiger charge is 2.61. The summed E-state index contributed by atoms with van der Waals surface area (Å²) in [6, 6.07) is 0. The summed E-state index contributed by atoms with van der Waals surface area (Å²) in [7, 11) is 0. The van der Waals surface area contributed by atoms with Crippen LogP contribution in [-0.2, 0) is 0 Å². The summed E-state index contributed by atoms with van der Waals surface area (Å²) < 4.78 is 0. The van der Waals surface area contributed by atoms with Gasteiger partial charge in [0.25, 0.3) is 0 Å².